The summed E-state index contributed by atoms with van der Waals surface area (Å²) in [5, 5.41) is 18.9. The predicted octanol–water partition coefficient (Wildman–Crippen LogP) is 3.17. The number of hydrogen-bond acceptors (Lipinski definition) is 7. The molecule has 4 amide bonds. The van der Waals surface area contributed by atoms with Crippen LogP contribution in [0, 0.1) is 10.1 Å². The predicted molar refractivity (Wildman–Crippen MR) is 147 cm³/mol. The van der Waals surface area contributed by atoms with Crippen molar-refractivity contribution in [2.24, 2.45) is 0 Å². The number of nitro groups is 1. The molecule has 0 radical (unpaired) electrons. The van der Waals surface area contributed by atoms with E-state index in [1.807, 2.05) is 30.3 Å². The van der Waals surface area contributed by atoms with E-state index in [0.29, 0.717) is 25.1 Å². The van der Waals surface area contributed by atoms with Crippen LogP contribution in [0.15, 0.2) is 54.6 Å². The Kier molecular flexibility index (Phi) is 9.81. The van der Waals surface area contributed by atoms with Crippen molar-refractivity contribution in [2.45, 2.75) is 70.7 Å². The summed E-state index contributed by atoms with van der Waals surface area (Å²) >= 11 is 0. The number of nitrogens with zero attached hydrogens (tertiary/aromatic N) is 2. The molecule has 12 nitrogen and oxygen atoms in total. The molecule has 2 aromatic rings. The van der Waals surface area contributed by atoms with Crippen molar-refractivity contribution in [3.05, 3.63) is 70.3 Å². The molecule has 0 saturated carbocycles. The lowest BCUT2D eigenvalue weighted by Gasteiger charge is -2.29. The monoisotopic (exact) mass is 553 g/mol. The second kappa shape index (κ2) is 13.0. The molecule has 0 aromatic heterocycles. The molecule has 3 N–H and O–H groups in total. The van der Waals surface area contributed by atoms with E-state index in [9.17, 15) is 29.3 Å². The topological polar surface area (TPSA) is 160 Å². The number of amides is 4. The number of rotatable bonds is 9. The van der Waals surface area contributed by atoms with Gasteiger partial charge in [-0.15, -0.1) is 0 Å². The Balaban J connectivity index is 1.71. The van der Waals surface area contributed by atoms with Gasteiger partial charge in [0.2, 0.25) is 17.7 Å². The summed E-state index contributed by atoms with van der Waals surface area (Å²) in [5.41, 5.74) is 0.295. The highest BCUT2D eigenvalue weighted by molar-refractivity contribution is 5.99. The molecule has 0 bridgehead atoms. The fraction of sp³-hybridized carbons (Fsp3) is 0.429. The molecule has 3 atom stereocenters. The van der Waals surface area contributed by atoms with Crippen LogP contribution in [-0.4, -0.2) is 63.9 Å². The third-order valence-electron chi connectivity index (χ3n) is 6.20. The lowest BCUT2D eigenvalue weighted by Crippen LogP contribution is -2.55. The van der Waals surface area contributed by atoms with E-state index < -0.39 is 52.5 Å². The van der Waals surface area contributed by atoms with Crippen LogP contribution in [0.2, 0.25) is 0 Å². The summed E-state index contributed by atoms with van der Waals surface area (Å²) in [7, 11) is 0. The van der Waals surface area contributed by atoms with Gasteiger partial charge in [-0.3, -0.25) is 24.5 Å². The van der Waals surface area contributed by atoms with Crippen LogP contribution in [0.25, 0.3) is 0 Å². The molecule has 0 unspecified atom stereocenters. The molecule has 1 fully saturated rings. The first kappa shape index (κ1) is 30.1. The van der Waals surface area contributed by atoms with Crippen molar-refractivity contribution in [1.82, 2.24) is 15.5 Å². The van der Waals surface area contributed by atoms with E-state index in [1.165, 1.54) is 36.1 Å². The quantitative estimate of drug-likeness (QED) is 0.318. The smallest absolute Gasteiger partial charge is 0.408 e. The highest BCUT2D eigenvalue weighted by atomic mass is 16.6. The van der Waals surface area contributed by atoms with Gasteiger partial charge in [-0.25, -0.2) is 4.79 Å². The van der Waals surface area contributed by atoms with Crippen molar-refractivity contribution < 1.29 is 28.8 Å². The fourth-order valence-corrected chi connectivity index (χ4v) is 4.32. The van der Waals surface area contributed by atoms with Crippen LogP contribution >= 0.6 is 0 Å². The van der Waals surface area contributed by atoms with E-state index in [1.54, 1.807) is 20.8 Å². The van der Waals surface area contributed by atoms with Gasteiger partial charge in [-0.1, -0.05) is 30.3 Å². The number of nitro benzene ring substituents is 1. The number of nitrogens with one attached hydrogen (secondary N) is 3. The number of carbonyl (C=O) groups excluding carboxylic acids is 4. The van der Waals surface area contributed by atoms with E-state index >= 15 is 0 Å². The van der Waals surface area contributed by atoms with Crippen LogP contribution in [0.5, 0.6) is 0 Å². The van der Waals surface area contributed by atoms with Gasteiger partial charge in [0, 0.05) is 30.8 Å². The molecule has 214 valence electrons. The Bertz CT molecular complexity index is 1230. The van der Waals surface area contributed by atoms with Crippen LogP contribution in [0.1, 0.15) is 46.1 Å². The maximum Gasteiger partial charge on any atom is 0.408 e. The number of hydrogen-bond donors (Lipinski definition) is 3. The maximum absolute atomic E-state index is 13.4. The average molecular weight is 554 g/mol. The van der Waals surface area contributed by atoms with Gasteiger partial charge >= 0.3 is 6.09 Å². The molecule has 0 aliphatic carbocycles. The minimum atomic E-state index is -0.986. The SMILES string of the molecule is C[C@H](NC(=O)OC(C)(C)C)C(=O)N1CCC[C@H]1C(=O)N[C@@H](Cc1ccccc1)C(=O)Nc1ccc([N+](=O)[O-])cc1. The highest BCUT2D eigenvalue weighted by Gasteiger charge is 2.38. The van der Waals surface area contributed by atoms with Crippen LogP contribution in [-0.2, 0) is 25.5 Å². The molecular formula is C28H35N5O7. The Morgan fingerprint density at radius 3 is 2.30 bits per heavy atom. The lowest BCUT2D eigenvalue weighted by molar-refractivity contribution is -0.384. The Morgan fingerprint density at radius 2 is 1.70 bits per heavy atom. The highest BCUT2D eigenvalue weighted by Crippen LogP contribution is 2.20. The molecule has 12 heteroatoms. The molecule has 2 aromatic carbocycles. The van der Waals surface area contributed by atoms with Crippen LogP contribution < -0.4 is 16.0 Å². The van der Waals surface area contributed by atoms with Gasteiger partial charge in [-0.2, -0.15) is 0 Å². The zero-order valence-corrected chi connectivity index (χ0v) is 23.0. The molecule has 1 aliphatic rings. The van der Waals surface area contributed by atoms with Gasteiger partial charge < -0.3 is 25.6 Å². The third-order valence-corrected chi connectivity index (χ3v) is 6.20. The molecule has 1 saturated heterocycles. The van der Waals surface area contributed by atoms with E-state index in [-0.39, 0.29) is 12.1 Å². The number of ether oxygens (including phenoxy) is 1. The van der Waals surface area contributed by atoms with Gasteiger partial charge in [0.25, 0.3) is 5.69 Å². The summed E-state index contributed by atoms with van der Waals surface area (Å²) in [6.07, 6.45) is 0.433. The van der Waals surface area contributed by atoms with Crippen LogP contribution in [0.4, 0.5) is 16.2 Å². The second-order valence-corrected chi connectivity index (χ2v) is 10.6. The first-order valence-corrected chi connectivity index (χ1v) is 13.0. The van der Waals surface area contributed by atoms with Gasteiger partial charge in [0.05, 0.1) is 4.92 Å². The average Bonchev–Trinajstić information content (AvgIpc) is 3.37. The van der Waals surface area contributed by atoms with Crippen molar-refractivity contribution >= 4 is 35.2 Å². The number of alkyl carbamates (subject to hydrolysis) is 1. The summed E-state index contributed by atoms with van der Waals surface area (Å²) in [4.78, 5) is 63.7. The summed E-state index contributed by atoms with van der Waals surface area (Å²) < 4.78 is 5.22. The van der Waals surface area contributed by atoms with E-state index in [2.05, 4.69) is 16.0 Å². The van der Waals surface area contributed by atoms with Gasteiger partial charge in [0.15, 0.2) is 0 Å². The first-order chi connectivity index (χ1) is 18.8. The molecule has 0 spiro atoms. The van der Waals surface area contributed by atoms with E-state index in [0.717, 1.165) is 5.56 Å². The number of carbonyl (C=O) groups is 4. The summed E-state index contributed by atoms with van der Waals surface area (Å²) in [6, 6.07) is 11.8. The fourth-order valence-electron chi connectivity index (χ4n) is 4.32. The Morgan fingerprint density at radius 1 is 1.05 bits per heavy atom. The summed E-state index contributed by atoms with van der Waals surface area (Å²) in [6.45, 7) is 6.99. The van der Waals surface area contributed by atoms with Crippen molar-refractivity contribution in [3.63, 3.8) is 0 Å². The first-order valence-electron chi connectivity index (χ1n) is 13.0. The Hall–Kier alpha value is -4.48. The van der Waals surface area contributed by atoms with Gasteiger partial charge in [-0.05, 0) is 58.2 Å². The summed E-state index contributed by atoms with van der Waals surface area (Å²) in [5.74, 6) is -1.43. The van der Waals surface area contributed by atoms with Crippen molar-refractivity contribution in [2.75, 3.05) is 11.9 Å². The van der Waals surface area contributed by atoms with Crippen molar-refractivity contribution in [1.29, 1.82) is 0 Å². The standard InChI is InChI=1S/C28H35N5O7/c1-18(29-27(37)40-28(2,3)4)26(36)32-16-8-11-23(32)25(35)31-22(17-19-9-6-5-7-10-19)24(34)30-20-12-14-21(15-13-20)33(38)39/h5-7,9-10,12-15,18,22-23H,8,11,16-17H2,1-4H3,(H,29,37)(H,30,34)(H,31,35)/t18-,22-,23-/m0/s1. The lowest BCUT2D eigenvalue weighted by atomic mass is 10.0. The molecular weight excluding hydrogens is 518 g/mol. The minimum absolute atomic E-state index is 0.117. The normalized spacial score (nSPS) is 16.4. The second-order valence-electron chi connectivity index (χ2n) is 10.6. The maximum atomic E-state index is 13.4. The number of benzene rings is 2. The number of anilines is 1. The van der Waals surface area contributed by atoms with Gasteiger partial charge in [0.1, 0.15) is 23.7 Å². The zero-order chi connectivity index (χ0) is 29.4. The molecule has 40 heavy (non-hydrogen) atoms. The molecule has 1 aliphatic heterocycles. The molecule has 3 rings (SSSR count). The van der Waals surface area contributed by atoms with Crippen LogP contribution in [0.3, 0.4) is 0 Å². The third kappa shape index (κ3) is 8.52. The number of likely N-dealkylation sites (tertiary alicyclic amines) is 1. The Labute approximate surface area is 232 Å². The number of non-ortho nitro benzene ring substituents is 1. The minimum Gasteiger partial charge on any atom is -0.444 e. The van der Waals surface area contributed by atoms with Crippen molar-refractivity contribution in [3.8, 4) is 0 Å². The molecule has 1 heterocycles. The van der Waals surface area contributed by atoms with E-state index in [4.69, 9.17) is 4.74 Å². The zero-order valence-electron chi connectivity index (χ0n) is 23.0. The largest absolute Gasteiger partial charge is 0.444 e.